The fraction of sp³-hybridized carbons (Fsp3) is 0.727. The topological polar surface area (TPSA) is 29.5 Å². The maximum absolute atomic E-state index is 11.4. The summed E-state index contributed by atoms with van der Waals surface area (Å²) < 4.78 is 0. The third kappa shape index (κ3) is 7.95. The first-order chi connectivity index (χ1) is 6.35. The summed E-state index contributed by atoms with van der Waals surface area (Å²) in [6, 6.07) is 0. The van der Waals surface area contributed by atoms with Gasteiger partial charge in [0.1, 0.15) is 0 Å². The first-order valence-corrected chi connectivity index (χ1v) is 4.80. The number of carbonyl (C=O) groups excluding carboxylic acids is 1. The largest absolute Gasteiger partial charge is 0.302 e. The fourth-order valence-corrected chi connectivity index (χ4v) is 0.989. The predicted molar refractivity (Wildman–Crippen MR) is 57.9 cm³/mol. The number of ketones is 1. The number of carbonyl (C=O) groups is 1. The second-order valence-electron chi connectivity index (χ2n) is 4.60. The van der Waals surface area contributed by atoms with Crippen LogP contribution >= 0.6 is 0 Å². The smallest absolute Gasteiger partial charge is 0.155 e. The Labute approximate surface area is 86.7 Å². The number of hydrogen-bond acceptors (Lipinski definition) is 3. The molecule has 0 N–H and O–H groups in total. The van der Waals surface area contributed by atoms with Crippen LogP contribution in [0.1, 0.15) is 27.2 Å². The van der Waals surface area contributed by atoms with Crippen LogP contribution in [0.25, 0.3) is 0 Å². The molecule has 82 valence electrons. The molecular weight excluding hydrogens is 178 g/mol. The van der Waals surface area contributed by atoms with E-state index in [1.54, 1.807) is 18.2 Å². The lowest BCUT2D eigenvalue weighted by molar-refractivity contribution is -0.116. The van der Waals surface area contributed by atoms with Crippen molar-refractivity contribution in [3.63, 3.8) is 0 Å². The Balaban J connectivity index is 3.83. The molecule has 0 aliphatic carbocycles. The molecule has 0 bridgehead atoms. The van der Waals surface area contributed by atoms with Crippen molar-refractivity contribution in [2.45, 2.75) is 27.2 Å². The molecule has 0 fully saturated rings. The zero-order chi connectivity index (χ0) is 11.2. The molecule has 14 heavy (non-hydrogen) atoms. The third-order valence-electron chi connectivity index (χ3n) is 1.68. The summed E-state index contributed by atoms with van der Waals surface area (Å²) in [5.74, 6) is 0.169. The normalized spacial score (nSPS) is 12.7. The monoisotopic (exact) mass is 199 g/mol. The van der Waals surface area contributed by atoms with Crippen LogP contribution in [0.2, 0.25) is 0 Å². The summed E-state index contributed by atoms with van der Waals surface area (Å²) in [5, 5.41) is 1.65. The van der Waals surface area contributed by atoms with Crippen molar-refractivity contribution < 1.29 is 9.63 Å². The van der Waals surface area contributed by atoms with Crippen molar-refractivity contribution in [2.75, 3.05) is 20.7 Å². The Kier molecular flexibility index (Phi) is 5.65. The van der Waals surface area contributed by atoms with Crippen LogP contribution in [0.5, 0.6) is 0 Å². The van der Waals surface area contributed by atoms with Crippen LogP contribution < -0.4 is 0 Å². The molecule has 0 spiro atoms. The molecule has 0 heterocycles. The number of rotatable bonds is 5. The average Bonchev–Trinajstić information content (AvgIpc) is 2.00. The van der Waals surface area contributed by atoms with E-state index in [-0.39, 0.29) is 11.2 Å². The van der Waals surface area contributed by atoms with E-state index in [1.165, 1.54) is 0 Å². The van der Waals surface area contributed by atoms with E-state index in [0.29, 0.717) is 13.0 Å². The van der Waals surface area contributed by atoms with Gasteiger partial charge < -0.3 is 4.84 Å². The van der Waals surface area contributed by atoms with Crippen molar-refractivity contribution in [3.8, 4) is 0 Å². The Morgan fingerprint density at radius 3 is 2.43 bits per heavy atom. The minimum Gasteiger partial charge on any atom is -0.302 e. The number of likely N-dealkylation sites (N-methyl/N-ethyl adjacent to an activating group) is 1. The van der Waals surface area contributed by atoms with Gasteiger partial charge in [-0.2, -0.15) is 5.06 Å². The molecule has 0 saturated heterocycles. The van der Waals surface area contributed by atoms with E-state index in [4.69, 9.17) is 4.84 Å². The standard InChI is InChI=1S/C11H21NO2/c1-11(2,3)9-10(13)7-6-8-12(4)14-5/h6-7H,8-9H2,1-5H3/b7-6+. The SMILES string of the molecule is CON(C)C/C=C/C(=O)CC(C)(C)C. The summed E-state index contributed by atoms with van der Waals surface area (Å²) in [7, 11) is 3.42. The van der Waals surface area contributed by atoms with Gasteiger partial charge in [0.05, 0.1) is 7.11 Å². The van der Waals surface area contributed by atoms with Gasteiger partial charge in [-0.15, -0.1) is 0 Å². The Morgan fingerprint density at radius 1 is 1.43 bits per heavy atom. The Bertz CT molecular complexity index is 204. The quantitative estimate of drug-likeness (QED) is 0.501. The molecule has 0 aromatic carbocycles. The molecule has 0 aliphatic rings. The van der Waals surface area contributed by atoms with Crippen molar-refractivity contribution in [1.29, 1.82) is 0 Å². The molecule has 0 radical (unpaired) electrons. The van der Waals surface area contributed by atoms with E-state index in [0.717, 1.165) is 0 Å². The van der Waals surface area contributed by atoms with Crippen LogP contribution in [0.4, 0.5) is 0 Å². The number of hydroxylamine groups is 2. The molecule has 0 aromatic rings. The van der Waals surface area contributed by atoms with Gasteiger partial charge in [-0.3, -0.25) is 4.79 Å². The molecule has 0 atom stereocenters. The molecule has 0 unspecified atom stereocenters. The number of nitrogens with zero attached hydrogens (tertiary/aromatic N) is 1. The first-order valence-electron chi connectivity index (χ1n) is 4.80. The molecule has 0 rings (SSSR count). The van der Waals surface area contributed by atoms with Crippen LogP contribution in [-0.2, 0) is 9.63 Å². The lowest BCUT2D eigenvalue weighted by Crippen LogP contribution is -2.16. The highest BCUT2D eigenvalue weighted by Crippen LogP contribution is 2.18. The van der Waals surface area contributed by atoms with Gasteiger partial charge in [-0.1, -0.05) is 26.8 Å². The molecule has 3 heteroatoms. The van der Waals surface area contributed by atoms with Crippen LogP contribution in [-0.4, -0.2) is 31.5 Å². The maximum atomic E-state index is 11.4. The van der Waals surface area contributed by atoms with E-state index < -0.39 is 0 Å². The molecule has 3 nitrogen and oxygen atoms in total. The lowest BCUT2D eigenvalue weighted by atomic mass is 9.90. The van der Waals surface area contributed by atoms with E-state index in [1.807, 2.05) is 13.1 Å². The summed E-state index contributed by atoms with van der Waals surface area (Å²) >= 11 is 0. The summed E-state index contributed by atoms with van der Waals surface area (Å²) in [6.45, 7) is 6.80. The van der Waals surface area contributed by atoms with E-state index >= 15 is 0 Å². The van der Waals surface area contributed by atoms with E-state index in [9.17, 15) is 4.79 Å². The van der Waals surface area contributed by atoms with Crippen molar-refractivity contribution in [2.24, 2.45) is 5.41 Å². The Morgan fingerprint density at radius 2 is 2.00 bits per heavy atom. The van der Waals surface area contributed by atoms with Crippen LogP contribution in [0.15, 0.2) is 12.2 Å². The maximum Gasteiger partial charge on any atom is 0.155 e. The van der Waals surface area contributed by atoms with Crippen molar-refractivity contribution in [3.05, 3.63) is 12.2 Å². The lowest BCUT2D eigenvalue weighted by Gasteiger charge is -2.15. The molecule has 0 aliphatic heterocycles. The summed E-state index contributed by atoms with van der Waals surface area (Å²) in [6.07, 6.45) is 4.03. The van der Waals surface area contributed by atoms with Gasteiger partial charge in [0.15, 0.2) is 5.78 Å². The zero-order valence-corrected chi connectivity index (χ0v) is 9.83. The fourth-order valence-electron chi connectivity index (χ4n) is 0.989. The second kappa shape index (κ2) is 5.94. The van der Waals surface area contributed by atoms with Crippen molar-refractivity contribution in [1.82, 2.24) is 5.06 Å². The highest BCUT2D eigenvalue weighted by Gasteiger charge is 2.13. The van der Waals surface area contributed by atoms with Crippen LogP contribution in [0.3, 0.4) is 0 Å². The highest BCUT2D eigenvalue weighted by molar-refractivity contribution is 5.90. The Hall–Kier alpha value is -0.670. The summed E-state index contributed by atoms with van der Waals surface area (Å²) in [5.41, 5.74) is 0.0641. The second-order valence-corrected chi connectivity index (χ2v) is 4.60. The van der Waals surface area contributed by atoms with Gasteiger partial charge in [0, 0.05) is 20.0 Å². The van der Waals surface area contributed by atoms with Crippen LogP contribution in [0, 0.1) is 5.41 Å². The average molecular weight is 199 g/mol. The van der Waals surface area contributed by atoms with Gasteiger partial charge in [-0.05, 0) is 11.5 Å². The molecular formula is C11H21NO2. The first kappa shape index (κ1) is 13.3. The number of hydrogen-bond donors (Lipinski definition) is 0. The van der Waals surface area contributed by atoms with Gasteiger partial charge in [0.2, 0.25) is 0 Å². The third-order valence-corrected chi connectivity index (χ3v) is 1.68. The minimum absolute atomic E-state index is 0.0641. The predicted octanol–water partition coefficient (Wildman–Crippen LogP) is 2.04. The van der Waals surface area contributed by atoms with Gasteiger partial charge >= 0.3 is 0 Å². The van der Waals surface area contributed by atoms with Gasteiger partial charge in [0.25, 0.3) is 0 Å². The molecule has 0 amide bonds. The minimum atomic E-state index is 0.0641. The van der Waals surface area contributed by atoms with Gasteiger partial charge in [-0.25, -0.2) is 0 Å². The summed E-state index contributed by atoms with van der Waals surface area (Å²) in [4.78, 5) is 16.3. The van der Waals surface area contributed by atoms with E-state index in [2.05, 4.69) is 20.8 Å². The van der Waals surface area contributed by atoms with Crippen molar-refractivity contribution >= 4 is 5.78 Å². The highest BCUT2D eigenvalue weighted by atomic mass is 16.7. The molecule has 0 saturated carbocycles. The molecule has 0 aromatic heterocycles. The zero-order valence-electron chi connectivity index (χ0n) is 9.83. The number of allylic oxidation sites excluding steroid dienone is 1.